The zero-order valence-electron chi connectivity index (χ0n) is 24.7. The molecule has 3 heterocycles. The molecule has 1 atom stereocenters. The number of anilines is 3. The van der Waals surface area contributed by atoms with E-state index in [4.69, 9.17) is 9.47 Å². The van der Waals surface area contributed by atoms with Crippen LogP contribution in [0.1, 0.15) is 61.0 Å². The van der Waals surface area contributed by atoms with Crippen molar-refractivity contribution in [3.8, 4) is 0 Å². The van der Waals surface area contributed by atoms with Crippen LogP contribution in [-0.2, 0) is 16.1 Å². The number of nitrogens with zero attached hydrogens (tertiary/aromatic N) is 5. The van der Waals surface area contributed by atoms with Gasteiger partial charge in [0, 0.05) is 57.0 Å². The van der Waals surface area contributed by atoms with E-state index in [-0.39, 0.29) is 18.1 Å². The van der Waals surface area contributed by atoms with Gasteiger partial charge in [0.2, 0.25) is 5.95 Å². The molecule has 0 bridgehead atoms. The van der Waals surface area contributed by atoms with Crippen molar-refractivity contribution in [3.05, 3.63) is 64.0 Å². The second-order valence-electron chi connectivity index (χ2n) is 11.0. The van der Waals surface area contributed by atoms with E-state index in [2.05, 4.69) is 15.3 Å². The molecule has 2 aromatic heterocycles. The second-order valence-corrected chi connectivity index (χ2v) is 12.0. The summed E-state index contributed by atoms with van der Waals surface area (Å²) in [4.78, 5) is 41.4. The van der Waals surface area contributed by atoms with E-state index < -0.39 is 5.60 Å². The maximum atomic E-state index is 13.6. The number of hydrogen-bond donors (Lipinski definition) is 1. The van der Waals surface area contributed by atoms with Gasteiger partial charge >= 0.3 is 6.09 Å². The van der Waals surface area contributed by atoms with E-state index in [0.717, 1.165) is 16.1 Å². The Kier molecular flexibility index (Phi) is 9.82. The van der Waals surface area contributed by atoms with Crippen LogP contribution in [0, 0.1) is 0 Å². The summed E-state index contributed by atoms with van der Waals surface area (Å²) in [7, 11) is 3.68. The highest BCUT2D eigenvalue weighted by Gasteiger charge is 2.28. The summed E-state index contributed by atoms with van der Waals surface area (Å²) < 4.78 is 11.9. The van der Waals surface area contributed by atoms with Crippen LogP contribution in [0.2, 0.25) is 0 Å². The molecule has 10 nitrogen and oxygen atoms in total. The lowest BCUT2D eigenvalue weighted by molar-refractivity contribution is 0.0148. The summed E-state index contributed by atoms with van der Waals surface area (Å²) in [5, 5.41) is 5.14. The van der Waals surface area contributed by atoms with Crippen molar-refractivity contribution < 1.29 is 19.1 Å². The fraction of sp³-hybridized carbons (Fsp3) is 0.467. The lowest BCUT2D eigenvalue weighted by Gasteiger charge is -2.26. The molecule has 1 aliphatic heterocycles. The number of benzene rings is 1. The molecular formula is C30H40N6O4S. The minimum absolute atomic E-state index is 0.132. The Morgan fingerprint density at radius 2 is 2.02 bits per heavy atom. The first-order chi connectivity index (χ1) is 19.6. The lowest BCUT2D eigenvalue weighted by Crippen LogP contribution is -2.35. The van der Waals surface area contributed by atoms with E-state index in [1.54, 1.807) is 34.4 Å². The number of nitrogens with one attached hydrogen (secondary N) is 1. The van der Waals surface area contributed by atoms with E-state index in [1.807, 2.05) is 81.4 Å². The smallest absolute Gasteiger partial charge is 0.410 e. The van der Waals surface area contributed by atoms with Gasteiger partial charge in [-0.2, -0.15) is 4.98 Å². The Morgan fingerprint density at radius 3 is 2.73 bits per heavy atom. The Bertz CT molecular complexity index is 1330. The van der Waals surface area contributed by atoms with E-state index >= 15 is 0 Å². The van der Waals surface area contributed by atoms with Crippen LogP contribution in [0.25, 0.3) is 0 Å². The third-order valence-corrected chi connectivity index (χ3v) is 7.53. The third kappa shape index (κ3) is 7.95. The van der Waals surface area contributed by atoms with Crippen molar-refractivity contribution in [2.75, 3.05) is 55.4 Å². The van der Waals surface area contributed by atoms with Gasteiger partial charge in [0.25, 0.3) is 5.91 Å². The molecule has 0 spiro atoms. The Balaban J connectivity index is 1.45. The molecule has 0 fully saturated rings. The summed E-state index contributed by atoms with van der Waals surface area (Å²) >= 11 is 1.63. The van der Waals surface area contributed by atoms with Gasteiger partial charge in [0.15, 0.2) is 0 Å². The molecule has 41 heavy (non-hydrogen) atoms. The molecule has 1 aromatic carbocycles. The first-order valence-corrected chi connectivity index (χ1v) is 14.8. The minimum atomic E-state index is -0.547. The number of fused-ring (bicyclic) bond motifs is 1. The van der Waals surface area contributed by atoms with Crippen molar-refractivity contribution in [3.63, 3.8) is 0 Å². The topological polar surface area (TPSA) is 100 Å². The van der Waals surface area contributed by atoms with Gasteiger partial charge in [-0.1, -0.05) is 18.2 Å². The number of amides is 2. The van der Waals surface area contributed by atoms with E-state index in [9.17, 15) is 9.59 Å². The fourth-order valence-electron chi connectivity index (χ4n) is 4.44. The summed E-state index contributed by atoms with van der Waals surface area (Å²) in [5.74, 6) is 1.00. The summed E-state index contributed by atoms with van der Waals surface area (Å²) in [6.07, 6.45) is 1.68. The average Bonchev–Trinajstić information content (AvgIpc) is 3.43. The number of thiophene rings is 1. The Hall–Kier alpha value is -3.70. The van der Waals surface area contributed by atoms with Gasteiger partial charge in [-0.05, 0) is 63.3 Å². The van der Waals surface area contributed by atoms with Crippen LogP contribution in [0.15, 0.2) is 48.0 Å². The lowest BCUT2D eigenvalue weighted by atomic mass is 10.1. The van der Waals surface area contributed by atoms with Crippen LogP contribution in [0.3, 0.4) is 0 Å². The highest BCUT2D eigenvalue weighted by atomic mass is 32.1. The summed E-state index contributed by atoms with van der Waals surface area (Å²) in [6.45, 7) is 10.2. The molecule has 3 aromatic rings. The molecule has 220 valence electrons. The van der Waals surface area contributed by atoms with Crippen molar-refractivity contribution in [2.45, 2.75) is 52.4 Å². The molecule has 0 saturated carbocycles. The molecular weight excluding hydrogens is 540 g/mol. The van der Waals surface area contributed by atoms with Crippen LogP contribution in [0.4, 0.5) is 22.2 Å². The van der Waals surface area contributed by atoms with Gasteiger partial charge in [-0.15, -0.1) is 11.3 Å². The molecule has 0 radical (unpaired) electrons. The number of carbonyl (C=O) groups is 2. The van der Waals surface area contributed by atoms with Crippen molar-refractivity contribution in [1.82, 2.24) is 14.9 Å². The zero-order chi connectivity index (χ0) is 29.6. The summed E-state index contributed by atoms with van der Waals surface area (Å²) in [5.41, 5.74) is 1.67. The maximum absolute atomic E-state index is 13.6. The van der Waals surface area contributed by atoms with Gasteiger partial charge in [-0.25, -0.2) is 9.78 Å². The number of ether oxygens (including phenoxy) is 2. The number of aromatic nitrogens is 2. The van der Waals surface area contributed by atoms with Crippen LogP contribution < -0.4 is 15.1 Å². The average molecular weight is 581 g/mol. The number of likely N-dealkylation sites (N-methyl/N-ethyl adjacent to an activating group) is 1. The fourth-order valence-corrected chi connectivity index (χ4v) is 5.25. The Morgan fingerprint density at radius 1 is 1.22 bits per heavy atom. The molecule has 1 aliphatic rings. The molecule has 4 rings (SSSR count). The van der Waals surface area contributed by atoms with Crippen LogP contribution in [0.5, 0.6) is 0 Å². The monoisotopic (exact) mass is 580 g/mol. The number of carbonyl (C=O) groups excluding carboxylic acids is 2. The minimum Gasteiger partial charge on any atom is -0.444 e. The highest BCUT2D eigenvalue weighted by molar-refractivity contribution is 7.10. The first-order valence-electron chi connectivity index (χ1n) is 13.9. The SMILES string of the molecule is CCNc1ncc2c(n1)N(C)CCN(c1cccc(COC(CCN(C)C(=O)OC(C)(C)C)c3cccs3)c1)C2=O. The maximum Gasteiger partial charge on any atom is 0.410 e. The molecule has 1 N–H and O–H groups in total. The van der Waals surface area contributed by atoms with Gasteiger partial charge in [-0.3, -0.25) is 4.79 Å². The van der Waals surface area contributed by atoms with Crippen molar-refractivity contribution >= 4 is 40.8 Å². The molecule has 2 amide bonds. The van der Waals surface area contributed by atoms with Crippen molar-refractivity contribution in [1.29, 1.82) is 0 Å². The Labute approximate surface area is 246 Å². The normalized spacial score (nSPS) is 14.3. The highest BCUT2D eigenvalue weighted by Crippen LogP contribution is 2.30. The van der Waals surface area contributed by atoms with E-state index in [0.29, 0.717) is 56.5 Å². The molecule has 1 unspecified atom stereocenters. The van der Waals surface area contributed by atoms with Gasteiger partial charge < -0.3 is 29.5 Å². The third-order valence-electron chi connectivity index (χ3n) is 6.57. The van der Waals surface area contributed by atoms with Crippen LogP contribution in [-0.4, -0.2) is 72.7 Å². The van der Waals surface area contributed by atoms with E-state index in [1.165, 1.54) is 0 Å². The predicted molar refractivity (Wildman–Crippen MR) is 163 cm³/mol. The molecule has 11 heteroatoms. The number of hydrogen-bond acceptors (Lipinski definition) is 9. The summed E-state index contributed by atoms with van der Waals surface area (Å²) in [6, 6.07) is 11.9. The molecule has 0 aliphatic carbocycles. The quantitative estimate of drug-likeness (QED) is 0.332. The first kappa shape index (κ1) is 30.3. The van der Waals surface area contributed by atoms with Gasteiger partial charge in [0.1, 0.15) is 17.0 Å². The van der Waals surface area contributed by atoms with Crippen molar-refractivity contribution in [2.24, 2.45) is 0 Å². The molecule has 0 saturated heterocycles. The standard InChI is InChI=1S/C30H40N6O4S/c1-7-31-28-32-19-23-26(33-28)34(5)15-16-36(27(23)37)22-11-8-10-21(18-22)20-39-24(25-12-9-17-41-25)13-14-35(6)29(38)40-30(2,3)4/h8-12,17-19,24H,7,13-16,20H2,1-6H3,(H,31,32,33). The largest absolute Gasteiger partial charge is 0.444 e. The number of rotatable bonds is 10. The zero-order valence-corrected chi connectivity index (χ0v) is 25.5. The predicted octanol–water partition coefficient (Wildman–Crippen LogP) is 5.58. The second kappa shape index (κ2) is 13.3. The van der Waals surface area contributed by atoms with Gasteiger partial charge in [0.05, 0.1) is 12.7 Å². The van der Waals surface area contributed by atoms with Crippen LogP contribution >= 0.6 is 11.3 Å².